The van der Waals surface area contributed by atoms with Crippen LogP contribution in [0.3, 0.4) is 0 Å². The first kappa shape index (κ1) is 29.6. The van der Waals surface area contributed by atoms with E-state index >= 15 is 4.79 Å². The zero-order valence-corrected chi connectivity index (χ0v) is 27.6. The first-order chi connectivity index (χ1) is 22.8. The highest BCUT2D eigenvalue weighted by Gasteiger charge is 2.66. The summed E-state index contributed by atoms with van der Waals surface area (Å²) in [7, 11) is 0. The fourth-order valence-corrected chi connectivity index (χ4v) is 8.39. The molecule has 0 aliphatic carbocycles. The molecule has 0 radical (unpaired) electrons. The molecule has 2 aromatic heterocycles. The molecule has 2 aliphatic heterocycles. The lowest BCUT2D eigenvalue weighted by Gasteiger charge is -2.32. The van der Waals surface area contributed by atoms with Crippen molar-refractivity contribution in [1.82, 2.24) is 10.2 Å². The van der Waals surface area contributed by atoms with E-state index in [1.165, 1.54) is 28.0 Å². The average molecular weight is 677 g/mol. The number of para-hydroxylation sites is 1. The van der Waals surface area contributed by atoms with Gasteiger partial charge in [-0.3, -0.25) is 19.3 Å². The van der Waals surface area contributed by atoms with Crippen LogP contribution >= 0.6 is 34.7 Å². The zero-order chi connectivity index (χ0) is 32.4. The summed E-state index contributed by atoms with van der Waals surface area (Å²) in [5.41, 5.74) is 2.89. The molecule has 232 valence electrons. The number of thioether (sulfide) groups is 1. The minimum absolute atomic E-state index is 0.00293. The third-order valence-corrected chi connectivity index (χ3v) is 11.2. The third-order valence-electron chi connectivity index (χ3n) is 8.79. The Balaban J connectivity index is 1.33. The van der Waals surface area contributed by atoms with Crippen molar-refractivity contribution in [3.05, 3.63) is 145 Å². The first-order valence-corrected chi connectivity index (χ1v) is 17.0. The van der Waals surface area contributed by atoms with Crippen molar-refractivity contribution in [2.75, 3.05) is 9.80 Å². The number of hydrogen-bond donors (Lipinski definition) is 0. The van der Waals surface area contributed by atoms with Gasteiger partial charge in [-0.25, -0.2) is 0 Å². The predicted octanol–water partition coefficient (Wildman–Crippen LogP) is 7.66. The predicted molar refractivity (Wildman–Crippen MR) is 185 cm³/mol. The Morgan fingerprint density at radius 3 is 2.38 bits per heavy atom. The molecule has 1 atom stereocenters. The number of benzene rings is 4. The van der Waals surface area contributed by atoms with Gasteiger partial charge in [-0.15, -0.1) is 10.2 Å². The molecular weight excluding hydrogens is 652 g/mol. The lowest BCUT2D eigenvalue weighted by Crippen LogP contribution is -2.53. The maximum atomic E-state index is 15.1. The van der Waals surface area contributed by atoms with Gasteiger partial charge in [-0.2, -0.15) is 0 Å². The van der Waals surface area contributed by atoms with E-state index in [1.54, 1.807) is 23.1 Å². The number of hydrogen-bond acceptors (Lipinski definition) is 8. The van der Waals surface area contributed by atoms with Crippen molar-refractivity contribution in [2.45, 2.75) is 36.0 Å². The van der Waals surface area contributed by atoms with Crippen LogP contribution in [0, 0.1) is 13.8 Å². The van der Waals surface area contributed by atoms with Gasteiger partial charge in [0.1, 0.15) is 5.58 Å². The van der Waals surface area contributed by atoms with Gasteiger partial charge in [0.25, 0.3) is 11.8 Å². The number of halogens is 1. The Hall–Kier alpha value is -4.77. The van der Waals surface area contributed by atoms with Gasteiger partial charge in [0.05, 0.1) is 23.2 Å². The fourth-order valence-electron chi connectivity index (χ4n) is 6.42. The smallest absolute Gasteiger partial charge is 0.297 e. The number of anilines is 2. The van der Waals surface area contributed by atoms with Crippen LogP contribution in [-0.4, -0.2) is 22.0 Å². The SMILES string of the molecule is Cc1cc2oc3c(c(=O)c2cc1C)C1(C(=O)N(Cc2ccccc2)c2ccccc21)N(c1nnc(SCc2ccc(Cl)cc2)s1)C3=O. The fraction of sp³-hybridized carbons (Fsp3) is 0.139. The van der Waals surface area contributed by atoms with E-state index in [2.05, 4.69) is 10.2 Å². The van der Waals surface area contributed by atoms with Gasteiger partial charge >= 0.3 is 0 Å². The zero-order valence-electron chi connectivity index (χ0n) is 25.2. The van der Waals surface area contributed by atoms with Crippen LogP contribution < -0.4 is 15.2 Å². The molecule has 8 nitrogen and oxygen atoms in total. The van der Waals surface area contributed by atoms with Crippen LogP contribution in [0.5, 0.6) is 0 Å². The van der Waals surface area contributed by atoms with Crippen LogP contribution in [0.4, 0.5) is 10.8 Å². The average Bonchev–Trinajstić information content (AvgIpc) is 3.71. The molecule has 2 aliphatic rings. The van der Waals surface area contributed by atoms with Gasteiger partial charge in [-0.05, 0) is 66.4 Å². The summed E-state index contributed by atoms with van der Waals surface area (Å²) in [5.74, 6) is -0.619. The maximum Gasteiger partial charge on any atom is 0.297 e. The van der Waals surface area contributed by atoms with Crippen LogP contribution in [-0.2, 0) is 22.6 Å². The Bertz CT molecular complexity index is 2300. The number of carbonyl (C=O) groups is 2. The van der Waals surface area contributed by atoms with E-state index in [0.717, 1.165) is 22.3 Å². The van der Waals surface area contributed by atoms with Gasteiger partial charge < -0.3 is 9.32 Å². The molecule has 6 aromatic rings. The van der Waals surface area contributed by atoms with E-state index in [4.69, 9.17) is 16.0 Å². The molecule has 11 heteroatoms. The van der Waals surface area contributed by atoms with E-state index in [1.807, 2.05) is 86.6 Å². The van der Waals surface area contributed by atoms with Crippen molar-refractivity contribution >= 4 is 68.3 Å². The van der Waals surface area contributed by atoms with Crippen molar-refractivity contribution in [3.8, 4) is 0 Å². The topological polar surface area (TPSA) is 96.6 Å². The van der Waals surface area contributed by atoms with Crippen LogP contribution in [0.25, 0.3) is 11.0 Å². The molecule has 47 heavy (non-hydrogen) atoms. The molecule has 0 saturated heterocycles. The quantitative estimate of drug-likeness (QED) is 0.132. The number of nitrogens with zero attached hydrogens (tertiary/aromatic N) is 4. The van der Waals surface area contributed by atoms with Gasteiger partial charge in [-0.1, -0.05) is 95.4 Å². The van der Waals surface area contributed by atoms with E-state index < -0.39 is 22.8 Å². The second kappa shape index (κ2) is 11.2. The highest BCUT2D eigenvalue weighted by atomic mass is 35.5. The molecular formula is C36H25ClN4O4S2. The number of fused-ring (bicyclic) bond motifs is 5. The van der Waals surface area contributed by atoms with Crippen molar-refractivity contribution in [3.63, 3.8) is 0 Å². The Kier molecular flexibility index (Phi) is 7.05. The molecule has 1 spiro atoms. The summed E-state index contributed by atoms with van der Waals surface area (Å²) in [4.78, 5) is 47.3. The molecule has 0 bridgehead atoms. The number of amides is 2. The molecule has 0 N–H and O–H groups in total. The highest BCUT2D eigenvalue weighted by molar-refractivity contribution is 8.00. The summed E-state index contributed by atoms with van der Waals surface area (Å²) < 4.78 is 6.89. The Morgan fingerprint density at radius 2 is 1.60 bits per heavy atom. The molecule has 1 unspecified atom stereocenters. The normalized spacial score (nSPS) is 16.8. The lowest BCUT2D eigenvalue weighted by atomic mass is 9.84. The number of aryl methyl sites for hydroxylation is 2. The van der Waals surface area contributed by atoms with Crippen molar-refractivity contribution in [1.29, 1.82) is 0 Å². The van der Waals surface area contributed by atoms with Crippen LogP contribution in [0.2, 0.25) is 5.02 Å². The molecule has 0 saturated carbocycles. The number of carbonyl (C=O) groups excluding carboxylic acids is 2. The number of rotatable bonds is 6. The molecule has 0 fully saturated rings. The summed E-state index contributed by atoms with van der Waals surface area (Å²) in [5, 5.41) is 9.99. The van der Waals surface area contributed by atoms with Crippen LogP contribution in [0.15, 0.2) is 105 Å². The largest absolute Gasteiger partial charge is 0.450 e. The van der Waals surface area contributed by atoms with Gasteiger partial charge in [0.15, 0.2) is 15.3 Å². The first-order valence-electron chi connectivity index (χ1n) is 14.9. The molecule has 2 amide bonds. The summed E-state index contributed by atoms with van der Waals surface area (Å²) in [6.45, 7) is 4.07. The molecule has 8 rings (SSSR count). The van der Waals surface area contributed by atoms with Gasteiger partial charge in [0.2, 0.25) is 10.9 Å². The Labute approximate surface area is 282 Å². The summed E-state index contributed by atoms with van der Waals surface area (Å²) >= 11 is 8.70. The molecule has 4 heterocycles. The summed E-state index contributed by atoms with van der Waals surface area (Å²) in [6, 6.07) is 28.0. The minimum atomic E-state index is -1.84. The lowest BCUT2D eigenvalue weighted by molar-refractivity contribution is -0.121. The van der Waals surface area contributed by atoms with E-state index in [9.17, 15) is 9.59 Å². The second-order valence-corrected chi connectivity index (χ2v) is 14.2. The summed E-state index contributed by atoms with van der Waals surface area (Å²) in [6.07, 6.45) is 0. The minimum Gasteiger partial charge on any atom is -0.450 e. The third kappa shape index (κ3) is 4.54. The number of aromatic nitrogens is 2. The maximum absolute atomic E-state index is 15.1. The van der Waals surface area contributed by atoms with Crippen molar-refractivity contribution in [2.24, 2.45) is 0 Å². The monoisotopic (exact) mass is 676 g/mol. The van der Waals surface area contributed by atoms with Crippen molar-refractivity contribution < 1.29 is 14.0 Å². The second-order valence-electron chi connectivity index (χ2n) is 11.6. The van der Waals surface area contributed by atoms with Crippen LogP contribution in [0.1, 0.15) is 43.9 Å². The Morgan fingerprint density at radius 1 is 0.872 bits per heavy atom. The van der Waals surface area contributed by atoms with E-state index in [0.29, 0.717) is 37.3 Å². The highest BCUT2D eigenvalue weighted by Crippen LogP contribution is 2.55. The molecule has 4 aromatic carbocycles. The van der Waals surface area contributed by atoms with Gasteiger partial charge in [0, 0.05) is 16.3 Å². The van der Waals surface area contributed by atoms with E-state index in [-0.39, 0.29) is 23.0 Å². The standard InChI is InChI=1S/C36H25ClN4O4S2/c1-20-16-25-28(17-21(20)2)45-31-29(30(25)42)36(26-10-6-7-11-27(26)40(33(36)44)18-22-8-4-3-5-9-22)41(32(31)43)34-38-39-35(47-34)46-19-23-12-14-24(37)15-13-23/h3-17H,18-19H2,1-2H3.